The van der Waals surface area contributed by atoms with Crippen LogP contribution in [-0.4, -0.2) is 16.3 Å². The van der Waals surface area contributed by atoms with E-state index in [9.17, 15) is 0 Å². The lowest BCUT2D eigenvalue weighted by atomic mass is 10.1. The Balaban J connectivity index is 1.66. The molecule has 1 aromatic carbocycles. The van der Waals surface area contributed by atoms with Crippen LogP contribution in [0, 0.1) is 6.92 Å². The Morgan fingerprint density at radius 2 is 2.10 bits per heavy atom. The molecule has 0 fully saturated rings. The molecule has 0 aliphatic carbocycles. The zero-order chi connectivity index (χ0) is 14.8. The van der Waals surface area contributed by atoms with Crippen molar-refractivity contribution < 1.29 is 4.42 Å². The first-order valence-corrected chi connectivity index (χ1v) is 7.35. The molecule has 0 saturated heterocycles. The summed E-state index contributed by atoms with van der Waals surface area (Å²) < 4.78 is 7.82. The van der Waals surface area contributed by atoms with Gasteiger partial charge in [0.2, 0.25) is 0 Å². The fourth-order valence-corrected chi connectivity index (χ4v) is 2.71. The highest BCUT2D eigenvalue weighted by Gasteiger charge is 2.15. The molecule has 3 aromatic rings. The number of benzene rings is 1. The topological polar surface area (TPSA) is 43.0 Å². The summed E-state index contributed by atoms with van der Waals surface area (Å²) in [5.74, 6) is 1.03. The van der Waals surface area contributed by atoms with E-state index in [0.717, 1.165) is 30.0 Å². The lowest BCUT2D eigenvalue weighted by Crippen LogP contribution is -2.21. The third kappa shape index (κ3) is 2.85. The summed E-state index contributed by atoms with van der Waals surface area (Å²) >= 11 is 0. The SMILES string of the molecule is Cc1c(C(C)NCCc2ccn(C)n2)oc2ccccc12. The predicted molar refractivity (Wildman–Crippen MR) is 84.3 cm³/mol. The maximum Gasteiger partial charge on any atom is 0.134 e. The number of nitrogens with one attached hydrogen (secondary N) is 1. The van der Waals surface area contributed by atoms with Gasteiger partial charge in [0.05, 0.1) is 11.7 Å². The fourth-order valence-electron chi connectivity index (χ4n) is 2.71. The number of aromatic nitrogens is 2. The van der Waals surface area contributed by atoms with Crippen molar-refractivity contribution in [2.24, 2.45) is 7.05 Å². The molecule has 0 aliphatic heterocycles. The number of hydrogen-bond acceptors (Lipinski definition) is 3. The van der Waals surface area contributed by atoms with Gasteiger partial charge >= 0.3 is 0 Å². The van der Waals surface area contributed by atoms with E-state index >= 15 is 0 Å². The number of furan rings is 1. The molecule has 110 valence electrons. The lowest BCUT2D eigenvalue weighted by Gasteiger charge is -2.11. The normalized spacial score (nSPS) is 12.9. The van der Waals surface area contributed by atoms with E-state index in [1.165, 1.54) is 10.9 Å². The maximum absolute atomic E-state index is 5.99. The summed E-state index contributed by atoms with van der Waals surface area (Å²) in [7, 11) is 1.94. The van der Waals surface area contributed by atoms with E-state index in [0.29, 0.717) is 0 Å². The third-order valence-electron chi connectivity index (χ3n) is 3.87. The molecular weight excluding hydrogens is 262 g/mol. The van der Waals surface area contributed by atoms with E-state index < -0.39 is 0 Å². The van der Waals surface area contributed by atoms with Crippen LogP contribution in [0.15, 0.2) is 40.9 Å². The molecule has 21 heavy (non-hydrogen) atoms. The van der Waals surface area contributed by atoms with Gasteiger partial charge in [-0.1, -0.05) is 18.2 Å². The molecule has 2 aromatic heterocycles. The molecule has 0 saturated carbocycles. The zero-order valence-electron chi connectivity index (χ0n) is 12.8. The molecule has 0 amide bonds. The monoisotopic (exact) mass is 283 g/mol. The van der Waals surface area contributed by atoms with Gasteiger partial charge in [-0.3, -0.25) is 4.68 Å². The second-order valence-electron chi connectivity index (χ2n) is 5.49. The van der Waals surface area contributed by atoms with Crippen LogP contribution in [0.3, 0.4) is 0 Å². The molecule has 1 N–H and O–H groups in total. The van der Waals surface area contributed by atoms with Gasteiger partial charge in [0.1, 0.15) is 11.3 Å². The Hall–Kier alpha value is -2.07. The van der Waals surface area contributed by atoms with Crippen molar-refractivity contribution in [1.29, 1.82) is 0 Å². The van der Waals surface area contributed by atoms with E-state index in [4.69, 9.17) is 4.42 Å². The van der Waals surface area contributed by atoms with E-state index in [1.54, 1.807) is 0 Å². The van der Waals surface area contributed by atoms with Gasteiger partial charge in [-0.2, -0.15) is 5.10 Å². The van der Waals surface area contributed by atoms with Gasteiger partial charge in [-0.15, -0.1) is 0 Å². The average molecular weight is 283 g/mol. The highest BCUT2D eigenvalue weighted by Crippen LogP contribution is 2.28. The number of nitrogens with zero attached hydrogens (tertiary/aromatic N) is 2. The molecule has 4 nitrogen and oxygen atoms in total. The summed E-state index contributed by atoms with van der Waals surface area (Å²) in [4.78, 5) is 0. The number of para-hydroxylation sites is 1. The van der Waals surface area contributed by atoms with E-state index in [2.05, 4.69) is 36.4 Å². The number of aryl methyl sites for hydroxylation is 2. The minimum Gasteiger partial charge on any atom is -0.459 e. The first-order valence-electron chi connectivity index (χ1n) is 7.35. The summed E-state index contributed by atoms with van der Waals surface area (Å²) in [5, 5.41) is 9.10. The molecular formula is C17H21N3O. The van der Waals surface area contributed by atoms with Crippen LogP contribution in [0.4, 0.5) is 0 Å². The Bertz CT molecular complexity index is 741. The average Bonchev–Trinajstić information content (AvgIpc) is 3.03. The van der Waals surface area contributed by atoms with Crippen LogP contribution in [0.1, 0.15) is 30.0 Å². The van der Waals surface area contributed by atoms with Gasteiger partial charge in [0.25, 0.3) is 0 Å². The molecule has 1 atom stereocenters. The molecule has 1 unspecified atom stereocenters. The molecule has 2 heterocycles. The second kappa shape index (κ2) is 5.74. The summed E-state index contributed by atoms with van der Waals surface area (Å²) in [6, 6.07) is 10.4. The van der Waals surface area contributed by atoms with Crippen molar-refractivity contribution >= 4 is 11.0 Å². The highest BCUT2D eigenvalue weighted by atomic mass is 16.3. The first kappa shape index (κ1) is 13.9. The largest absolute Gasteiger partial charge is 0.459 e. The summed E-state index contributed by atoms with van der Waals surface area (Å²) in [5.41, 5.74) is 3.30. The summed E-state index contributed by atoms with van der Waals surface area (Å²) in [6.45, 7) is 5.15. The third-order valence-corrected chi connectivity index (χ3v) is 3.87. The highest BCUT2D eigenvalue weighted by molar-refractivity contribution is 5.82. The number of rotatable bonds is 5. The maximum atomic E-state index is 5.99. The van der Waals surface area contributed by atoms with Crippen LogP contribution < -0.4 is 5.32 Å². The van der Waals surface area contributed by atoms with E-state index in [-0.39, 0.29) is 6.04 Å². The minimum atomic E-state index is 0.195. The van der Waals surface area contributed by atoms with Crippen molar-refractivity contribution in [1.82, 2.24) is 15.1 Å². The molecule has 4 heteroatoms. The quantitative estimate of drug-likeness (QED) is 0.780. The van der Waals surface area contributed by atoms with E-state index in [1.807, 2.05) is 36.1 Å². The van der Waals surface area contributed by atoms with Gasteiger partial charge in [-0.05, 0) is 31.5 Å². The van der Waals surface area contributed by atoms with Gasteiger partial charge in [0, 0.05) is 31.6 Å². The Morgan fingerprint density at radius 1 is 1.29 bits per heavy atom. The molecule has 0 aliphatic rings. The first-order chi connectivity index (χ1) is 10.1. The van der Waals surface area contributed by atoms with Crippen LogP contribution in [0.5, 0.6) is 0 Å². The van der Waals surface area contributed by atoms with Crippen molar-refractivity contribution in [3.8, 4) is 0 Å². The van der Waals surface area contributed by atoms with Crippen molar-refractivity contribution in [3.63, 3.8) is 0 Å². The molecule has 0 radical (unpaired) electrons. The van der Waals surface area contributed by atoms with Crippen molar-refractivity contribution in [2.75, 3.05) is 6.54 Å². The number of fused-ring (bicyclic) bond motifs is 1. The second-order valence-corrected chi connectivity index (χ2v) is 5.49. The number of hydrogen-bond donors (Lipinski definition) is 1. The van der Waals surface area contributed by atoms with Crippen LogP contribution >= 0.6 is 0 Å². The van der Waals surface area contributed by atoms with Crippen LogP contribution in [0.2, 0.25) is 0 Å². The standard InChI is InChI=1S/C17H21N3O/c1-12-15-6-4-5-7-16(15)21-17(12)13(2)18-10-8-14-9-11-20(3)19-14/h4-7,9,11,13,18H,8,10H2,1-3H3. The van der Waals surface area contributed by atoms with Crippen molar-refractivity contribution in [3.05, 3.63) is 53.5 Å². The smallest absolute Gasteiger partial charge is 0.134 e. The Kier molecular flexibility index (Phi) is 3.80. The van der Waals surface area contributed by atoms with Gasteiger partial charge < -0.3 is 9.73 Å². The zero-order valence-corrected chi connectivity index (χ0v) is 12.8. The fraction of sp³-hybridized carbons (Fsp3) is 0.353. The molecule has 0 bridgehead atoms. The van der Waals surface area contributed by atoms with Gasteiger partial charge in [-0.25, -0.2) is 0 Å². The summed E-state index contributed by atoms with van der Waals surface area (Å²) in [6.07, 6.45) is 2.90. The lowest BCUT2D eigenvalue weighted by molar-refractivity contribution is 0.449. The Labute approximate surface area is 124 Å². The van der Waals surface area contributed by atoms with Crippen LogP contribution in [-0.2, 0) is 13.5 Å². The predicted octanol–water partition coefficient (Wildman–Crippen LogP) is 3.37. The van der Waals surface area contributed by atoms with Crippen LogP contribution in [0.25, 0.3) is 11.0 Å². The van der Waals surface area contributed by atoms with Crippen molar-refractivity contribution in [2.45, 2.75) is 26.3 Å². The molecule has 0 spiro atoms. The molecule has 3 rings (SSSR count). The Morgan fingerprint density at radius 3 is 2.81 bits per heavy atom. The van der Waals surface area contributed by atoms with Gasteiger partial charge in [0.15, 0.2) is 0 Å². The minimum absolute atomic E-state index is 0.195.